The van der Waals surface area contributed by atoms with Gasteiger partial charge >= 0.3 is 0 Å². The topological polar surface area (TPSA) is 21.3 Å². The quantitative estimate of drug-likeness (QED) is 0.654. The summed E-state index contributed by atoms with van der Waals surface area (Å²) in [5.41, 5.74) is 2.02. The highest BCUT2D eigenvalue weighted by atomic mass is 35.5. The van der Waals surface area contributed by atoms with E-state index in [2.05, 4.69) is 26.1 Å². The minimum absolute atomic E-state index is 0.0834. The fourth-order valence-corrected chi connectivity index (χ4v) is 3.60. The Morgan fingerprint density at radius 1 is 1.24 bits per heavy atom. The van der Waals surface area contributed by atoms with Crippen molar-refractivity contribution in [2.24, 2.45) is 0 Å². The number of ether oxygens (including phenoxy) is 1. The molecule has 0 spiro atoms. The van der Waals surface area contributed by atoms with E-state index in [0.29, 0.717) is 4.34 Å². The first-order chi connectivity index (χ1) is 9.99. The molecule has 0 amide bonds. The molecule has 5 heteroatoms. The van der Waals surface area contributed by atoms with E-state index in [1.54, 1.807) is 0 Å². The summed E-state index contributed by atoms with van der Waals surface area (Å²) >= 11 is 13.6. The fraction of sp³-hybridized carbons (Fsp3) is 0.375. The van der Waals surface area contributed by atoms with Gasteiger partial charge in [0.15, 0.2) is 0 Å². The van der Waals surface area contributed by atoms with Crippen molar-refractivity contribution in [1.29, 1.82) is 0 Å². The van der Waals surface area contributed by atoms with E-state index in [1.807, 2.05) is 30.3 Å². The number of thiophene rings is 1. The first-order valence-corrected chi connectivity index (χ1v) is 8.54. The molecular formula is C16H19Cl2NOS. The lowest BCUT2D eigenvalue weighted by atomic mass is 10.1. The van der Waals surface area contributed by atoms with Gasteiger partial charge in [0.25, 0.3) is 0 Å². The summed E-state index contributed by atoms with van der Waals surface area (Å²) in [7, 11) is 0. The molecule has 2 nitrogen and oxygen atoms in total. The highest BCUT2D eigenvalue weighted by Crippen LogP contribution is 2.36. The van der Waals surface area contributed by atoms with Crippen molar-refractivity contribution in [2.45, 2.75) is 39.3 Å². The van der Waals surface area contributed by atoms with Gasteiger partial charge in [-0.2, -0.15) is 0 Å². The Kier molecular flexibility index (Phi) is 5.80. The Morgan fingerprint density at radius 3 is 2.62 bits per heavy atom. The number of hydrogen-bond donors (Lipinski definition) is 1. The molecule has 1 aromatic carbocycles. The summed E-state index contributed by atoms with van der Waals surface area (Å²) in [6, 6.07) is 9.96. The van der Waals surface area contributed by atoms with Gasteiger partial charge in [0.2, 0.25) is 0 Å². The van der Waals surface area contributed by atoms with Crippen LogP contribution >= 0.6 is 34.5 Å². The van der Waals surface area contributed by atoms with E-state index in [1.165, 1.54) is 11.3 Å². The Morgan fingerprint density at radius 2 is 2.00 bits per heavy atom. The van der Waals surface area contributed by atoms with Gasteiger partial charge in [-0.15, -0.1) is 11.3 Å². The number of anilines is 1. The van der Waals surface area contributed by atoms with Gasteiger partial charge in [-0.05, 0) is 38.5 Å². The number of halogens is 2. The predicted molar refractivity (Wildman–Crippen MR) is 93.2 cm³/mol. The maximum absolute atomic E-state index is 6.19. The van der Waals surface area contributed by atoms with Gasteiger partial charge in [0.1, 0.15) is 5.75 Å². The van der Waals surface area contributed by atoms with Gasteiger partial charge < -0.3 is 10.1 Å². The molecule has 114 valence electrons. The summed E-state index contributed by atoms with van der Waals surface area (Å²) in [6.07, 6.45) is 1.19. The van der Waals surface area contributed by atoms with Crippen LogP contribution in [0.4, 0.5) is 5.69 Å². The number of hydrogen-bond acceptors (Lipinski definition) is 3. The van der Waals surface area contributed by atoms with Gasteiger partial charge in [-0.1, -0.05) is 36.2 Å². The van der Waals surface area contributed by atoms with Gasteiger partial charge in [0, 0.05) is 17.3 Å². The fourth-order valence-electron chi connectivity index (χ4n) is 1.95. The zero-order valence-corrected chi connectivity index (χ0v) is 14.6. The van der Waals surface area contributed by atoms with Crippen LogP contribution in [0.1, 0.15) is 38.8 Å². The van der Waals surface area contributed by atoms with Gasteiger partial charge in [-0.25, -0.2) is 0 Å². The molecule has 0 aliphatic heterocycles. The maximum Gasteiger partial charge on any atom is 0.121 e. The van der Waals surface area contributed by atoms with Crippen LogP contribution in [0.3, 0.4) is 0 Å². The number of nitrogens with one attached hydrogen (secondary N) is 1. The predicted octanol–water partition coefficient (Wildman–Crippen LogP) is 6.41. The largest absolute Gasteiger partial charge is 0.491 e. The van der Waals surface area contributed by atoms with Crippen LogP contribution in [0.25, 0.3) is 0 Å². The third kappa shape index (κ3) is 4.53. The van der Waals surface area contributed by atoms with E-state index in [4.69, 9.17) is 27.9 Å². The molecule has 1 aromatic heterocycles. The van der Waals surface area contributed by atoms with Crippen molar-refractivity contribution in [3.05, 3.63) is 44.6 Å². The molecule has 0 aliphatic rings. The van der Waals surface area contributed by atoms with E-state index in [0.717, 1.165) is 27.8 Å². The molecule has 21 heavy (non-hydrogen) atoms. The molecule has 0 saturated carbocycles. The highest BCUT2D eigenvalue weighted by Gasteiger charge is 2.13. The summed E-state index contributed by atoms with van der Waals surface area (Å²) in [5.74, 6) is 0.871. The molecule has 0 bridgehead atoms. The van der Waals surface area contributed by atoms with E-state index >= 15 is 0 Å². The van der Waals surface area contributed by atoms with Crippen LogP contribution in [0.5, 0.6) is 5.75 Å². The van der Waals surface area contributed by atoms with Crippen molar-refractivity contribution >= 4 is 40.2 Å². The molecule has 0 saturated heterocycles. The van der Waals surface area contributed by atoms with Crippen molar-refractivity contribution in [2.75, 3.05) is 5.32 Å². The Bertz CT molecular complexity index is 600. The van der Waals surface area contributed by atoms with E-state index in [9.17, 15) is 0 Å². The minimum Gasteiger partial charge on any atom is -0.491 e. The average molecular weight is 344 g/mol. The minimum atomic E-state index is 0.0834. The Hall–Kier alpha value is -0.900. The second-order valence-electron chi connectivity index (χ2n) is 5.01. The summed E-state index contributed by atoms with van der Waals surface area (Å²) in [6.45, 7) is 6.24. The van der Waals surface area contributed by atoms with E-state index < -0.39 is 0 Å². The monoisotopic (exact) mass is 343 g/mol. The zero-order valence-electron chi connectivity index (χ0n) is 12.3. The van der Waals surface area contributed by atoms with Crippen LogP contribution in [0.15, 0.2) is 30.3 Å². The standard InChI is InChI=1S/C16H19Cl2NOS/c1-4-10(2)20-13-7-5-6-12(8-13)19-11(3)14-9-15(17)21-16(14)18/h5-11,19H,4H2,1-3H3. The van der Waals surface area contributed by atoms with Crippen LogP contribution in [-0.4, -0.2) is 6.10 Å². The van der Waals surface area contributed by atoms with Crippen LogP contribution in [0.2, 0.25) is 8.67 Å². The Labute approximate surface area is 140 Å². The number of benzene rings is 1. The first-order valence-electron chi connectivity index (χ1n) is 6.97. The Balaban J connectivity index is 2.09. The third-order valence-corrected chi connectivity index (χ3v) is 4.80. The smallest absolute Gasteiger partial charge is 0.121 e. The lowest BCUT2D eigenvalue weighted by Gasteiger charge is -2.17. The van der Waals surface area contributed by atoms with Crippen molar-refractivity contribution in [3.8, 4) is 5.75 Å². The molecule has 1 N–H and O–H groups in total. The summed E-state index contributed by atoms with van der Waals surface area (Å²) in [5, 5.41) is 3.43. The third-order valence-electron chi connectivity index (χ3n) is 3.28. The second-order valence-corrected chi connectivity index (χ2v) is 7.30. The second kappa shape index (κ2) is 7.39. The molecule has 2 rings (SSSR count). The molecule has 1 heterocycles. The van der Waals surface area contributed by atoms with Crippen LogP contribution < -0.4 is 10.1 Å². The van der Waals surface area contributed by atoms with Crippen LogP contribution in [-0.2, 0) is 0 Å². The normalized spacial score (nSPS) is 13.8. The van der Waals surface area contributed by atoms with Crippen LogP contribution in [0, 0.1) is 0 Å². The molecule has 2 unspecified atom stereocenters. The lowest BCUT2D eigenvalue weighted by Crippen LogP contribution is -2.10. The van der Waals surface area contributed by atoms with E-state index in [-0.39, 0.29) is 12.1 Å². The molecule has 0 fully saturated rings. The molecule has 2 atom stereocenters. The van der Waals surface area contributed by atoms with Crippen molar-refractivity contribution < 1.29 is 4.74 Å². The maximum atomic E-state index is 6.19. The summed E-state index contributed by atoms with van der Waals surface area (Å²) in [4.78, 5) is 0. The van der Waals surface area contributed by atoms with Gasteiger partial charge in [0.05, 0.1) is 20.8 Å². The highest BCUT2D eigenvalue weighted by molar-refractivity contribution is 7.20. The molecular weight excluding hydrogens is 325 g/mol. The molecule has 2 aromatic rings. The lowest BCUT2D eigenvalue weighted by molar-refractivity contribution is 0.217. The van der Waals surface area contributed by atoms with Crippen molar-refractivity contribution in [3.63, 3.8) is 0 Å². The summed E-state index contributed by atoms with van der Waals surface area (Å²) < 4.78 is 7.27. The zero-order chi connectivity index (χ0) is 15.4. The first kappa shape index (κ1) is 16.5. The SMILES string of the molecule is CCC(C)Oc1cccc(NC(C)c2cc(Cl)sc2Cl)c1. The average Bonchev–Trinajstić information content (AvgIpc) is 2.78. The van der Waals surface area contributed by atoms with Crippen molar-refractivity contribution in [1.82, 2.24) is 0 Å². The molecule has 0 radical (unpaired) electrons. The number of rotatable bonds is 6. The molecule has 0 aliphatic carbocycles. The van der Waals surface area contributed by atoms with Gasteiger partial charge in [-0.3, -0.25) is 0 Å².